The van der Waals surface area contributed by atoms with Crippen LogP contribution >= 0.6 is 0 Å². The van der Waals surface area contributed by atoms with Crippen LogP contribution in [0, 0.1) is 16.7 Å². The summed E-state index contributed by atoms with van der Waals surface area (Å²) in [4.78, 5) is 11.4. The van der Waals surface area contributed by atoms with E-state index in [2.05, 4.69) is 20.8 Å². The highest BCUT2D eigenvalue weighted by Crippen LogP contribution is 2.66. The Kier molecular flexibility index (Phi) is 4.42. The highest BCUT2D eigenvalue weighted by Gasteiger charge is 2.61. The number of hydrogen-bond donors (Lipinski definition) is 0. The summed E-state index contributed by atoms with van der Waals surface area (Å²) in [5.41, 5.74) is 0.714. The lowest BCUT2D eigenvalue weighted by molar-refractivity contribution is -0.883. The first-order valence-electron chi connectivity index (χ1n) is 8.13. The fourth-order valence-corrected chi connectivity index (χ4v) is 4.32. The summed E-state index contributed by atoms with van der Waals surface area (Å²) in [6, 6.07) is 0. The van der Waals surface area contributed by atoms with Gasteiger partial charge >= 0.3 is 5.97 Å². The molecule has 21 heavy (non-hydrogen) atoms. The zero-order chi connectivity index (χ0) is 15.9. The van der Waals surface area contributed by atoms with Crippen LogP contribution in [0.1, 0.15) is 40.0 Å². The molecular weight excluding hydrogens is 266 g/mol. The number of rotatable bonds is 6. The SMILES string of the molecule is COC(=O)C[N+](C)(C)CCOC1CC2CCC1(C)C2(C)C. The van der Waals surface area contributed by atoms with Gasteiger partial charge in [0.1, 0.15) is 6.54 Å². The molecule has 2 bridgehead atoms. The van der Waals surface area contributed by atoms with Crippen molar-refractivity contribution in [2.75, 3.05) is 40.9 Å². The number of likely N-dealkylation sites (N-methyl/N-ethyl adjacent to an activating group) is 1. The van der Waals surface area contributed by atoms with Gasteiger partial charge in [-0.1, -0.05) is 20.8 Å². The molecule has 2 aliphatic carbocycles. The molecule has 0 radical (unpaired) electrons. The molecule has 0 aromatic heterocycles. The number of fused-ring (bicyclic) bond motifs is 2. The predicted octanol–water partition coefficient (Wildman–Crippen LogP) is 2.47. The monoisotopic (exact) mass is 298 g/mol. The molecule has 0 saturated heterocycles. The normalized spacial score (nSPS) is 34.2. The lowest BCUT2D eigenvalue weighted by atomic mass is 9.70. The number of nitrogens with zero attached hydrogens (tertiary/aromatic N) is 1. The average molecular weight is 298 g/mol. The van der Waals surface area contributed by atoms with Gasteiger partial charge in [-0.05, 0) is 36.0 Å². The summed E-state index contributed by atoms with van der Waals surface area (Å²) in [6.45, 7) is 9.17. The molecule has 122 valence electrons. The smallest absolute Gasteiger partial charge is 0.361 e. The van der Waals surface area contributed by atoms with Crippen molar-refractivity contribution >= 4 is 5.97 Å². The second-order valence-corrected chi connectivity index (χ2v) is 8.36. The van der Waals surface area contributed by atoms with Crippen LogP contribution in [0.2, 0.25) is 0 Å². The van der Waals surface area contributed by atoms with E-state index in [1.807, 2.05) is 14.1 Å². The molecule has 4 nitrogen and oxygen atoms in total. The zero-order valence-corrected chi connectivity index (χ0v) is 14.6. The fraction of sp³-hybridized carbons (Fsp3) is 0.941. The molecule has 0 N–H and O–H groups in total. The first-order chi connectivity index (χ1) is 9.62. The molecule has 3 atom stereocenters. The summed E-state index contributed by atoms with van der Waals surface area (Å²) in [7, 11) is 5.54. The fourth-order valence-electron chi connectivity index (χ4n) is 4.32. The second-order valence-electron chi connectivity index (χ2n) is 8.36. The Morgan fingerprint density at radius 2 is 1.95 bits per heavy atom. The molecule has 0 amide bonds. The maximum atomic E-state index is 11.4. The maximum Gasteiger partial charge on any atom is 0.361 e. The first kappa shape index (κ1) is 16.8. The van der Waals surface area contributed by atoms with Crippen LogP contribution in [0.5, 0.6) is 0 Å². The summed E-state index contributed by atoms with van der Waals surface area (Å²) < 4.78 is 11.6. The minimum absolute atomic E-state index is 0.159. The lowest BCUT2D eigenvalue weighted by Crippen LogP contribution is -2.47. The van der Waals surface area contributed by atoms with E-state index < -0.39 is 0 Å². The Balaban J connectivity index is 1.84. The molecule has 4 heteroatoms. The molecule has 2 aliphatic rings. The number of hydrogen-bond acceptors (Lipinski definition) is 3. The molecule has 0 aliphatic heterocycles. The van der Waals surface area contributed by atoms with Gasteiger partial charge in [0.15, 0.2) is 6.54 Å². The van der Waals surface area contributed by atoms with Gasteiger partial charge in [0.05, 0.1) is 33.9 Å². The maximum absolute atomic E-state index is 11.4. The summed E-state index contributed by atoms with van der Waals surface area (Å²) in [6.07, 6.45) is 4.22. The van der Waals surface area contributed by atoms with Crippen LogP contribution in [0.3, 0.4) is 0 Å². The van der Waals surface area contributed by atoms with Crippen LogP contribution in [-0.4, -0.2) is 57.5 Å². The van der Waals surface area contributed by atoms with E-state index in [1.165, 1.54) is 26.4 Å². The van der Waals surface area contributed by atoms with Gasteiger partial charge < -0.3 is 14.0 Å². The van der Waals surface area contributed by atoms with Gasteiger partial charge in [0, 0.05) is 0 Å². The van der Waals surface area contributed by atoms with Crippen molar-refractivity contribution in [1.82, 2.24) is 0 Å². The van der Waals surface area contributed by atoms with Crippen LogP contribution in [0.15, 0.2) is 0 Å². The number of ether oxygens (including phenoxy) is 2. The Hall–Kier alpha value is -0.610. The summed E-state index contributed by atoms with van der Waals surface area (Å²) in [5, 5.41) is 0. The van der Waals surface area contributed by atoms with Crippen LogP contribution in [0.4, 0.5) is 0 Å². The predicted molar refractivity (Wildman–Crippen MR) is 82.8 cm³/mol. The van der Waals surface area contributed by atoms with Crippen LogP contribution in [0.25, 0.3) is 0 Å². The average Bonchev–Trinajstić information content (AvgIpc) is 2.71. The van der Waals surface area contributed by atoms with Crippen molar-refractivity contribution < 1.29 is 18.8 Å². The zero-order valence-electron chi connectivity index (χ0n) is 14.6. The van der Waals surface area contributed by atoms with Gasteiger partial charge in [0.25, 0.3) is 0 Å². The standard InChI is InChI=1S/C17H32NO3/c1-16(2)13-7-8-17(16,3)14(11-13)21-10-9-18(4,5)12-15(19)20-6/h13-14H,7-12H2,1-6H3/q+1. The van der Waals surface area contributed by atoms with Crippen molar-refractivity contribution in [2.45, 2.75) is 46.1 Å². The van der Waals surface area contributed by atoms with E-state index in [9.17, 15) is 4.79 Å². The third kappa shape index (κ3) is 2.98. The van der Waals surface area contributed by atoms with E-state index in [-0.39, 0.29) is 5.97 Å². The third-order valence-electron chi connectivity index (χ3n) is 6.51. The molecule has 2 saturated carbocycles. The molecule has 0 heterocycles. The van der Waals surface area contributed by atoms with Crippen LogP contribution < -0.4 is 0 Å². The number of methoxy groups -OCH3 is 1. The number of carbonyl (C=O) groups is 1. The molecule has 2 fully saturated rings. The molecule has 0 spiro atoms. The largest absolute Gasteiger partial charge is 0.465 e. The quantitative estimate of drug-likeness (QED) is 0.558. The second kappa shape index (κ2) is 5.54. The van der Waals surface area contributed by atoms with Crippen molar-refractivity contribution in [3.8, 4) is 0 Å². The van der Waals surface area contributed by atoms with E-state index in [0.29, 0.717) is 34.6 Å². The molecular formula is C17H32NO3+. The van der Waals surface area contributed by atoms with Gasteiger partial charge in [-0.15, -0.1) is 0 Å². The number of carbonyl (C=O) groups excluding carboxylic acids is 1. The third-order valence-corrected chi connectivity index (χ3v) is 6.51. The van der Waals surface area contributed by atoms with Crippen molar-refractivity contribution in [2.24, 2.45) is 16.7 Å². The number of quaternary nitrogens is 1. The van der Waals surface area contributed by atoms with Gasteiger partial charge in [-0.25, -0.2) is 4.79 Å². The Morgan fingerprint density at radius 1 is 1.29 bits per heavy atom. The van der Waals surface area contributed by atoms with Crippen molar-refractivity contribution in [3.05, 3.63) is 0 Å². The summed E-state index contributed by atoms with van der Waals surface area (Å²) >= 11 is 0. The van der Waals surface area contributed by atoms with Crippen molar-refractivity contribution in [1.29, 1.82) is 0 Å². The number of esters is 1. The highest BCUT2D eigenvalue weighted by molar-refractivity contribution is 5.70. The summed E-state index contributed by atoms with van der Waals surface area (Å²) in [5.74, 6) is 0.651. The lowest BCUT2D eigenvalue weighted by Gasteiger charge is -2.39. The van der Waals surface area contributed by atoms with E-state index in [4.69, 9.17) is 9.47 Å². The minimum Gasteiger partial charge on any atom is -0.465 e. The molecule has 0 aromatic rings. The van der Waals surface area contributed by atoms with Crippen molar-refractivity contribution in [3.63, 3.8) is 0 Å². The van der Waals surface area contributed by atoms with Gasteiger partial charge in [-0.3, -0.25) is 0 Å². The van der Waals surface area contributed by atoms with Gasteiger partial charge in [0.2, 0.25) is 0 Å². The first-order valence-corrected chi connectivity index (χ1v) is 8.13. The highest BCUT2D eigenvalue weighted by atomic mass is 16.5. The molecule has 0 aromatic carbocycles. The van der Waals surface area contributed by atoms with Crippen LogP contribution in [-0.2, 0) is 14.3 Å². The Bertz CT molecular complexity index is 405. The molecule has 3 unspecified atom stereocenters. The topological polar surface area (TPSA) is 35.5 Å². The minimum atomic E-state index is -0.159. The Morgan fingerprint density at radius 3 is 2.43 bits per heavy atom. The van der Waals surface area contributed by atoms with E-state index in [1.54, 1.807) is 0 Å². The van der Waals surface area contributed by atoms with Gasteiger partial charge in [-0.2, -0.15) is 0 Å². The molecule has 2 rings (SSSR count). The Labute approximate surface area is 129 Å². The van der Waals surface area contributed by atoms with E-state index in [0.717, 1.165) is 12.5 Å². The van der Waals surface area contributed by atoms with E-state index >= 15 is 0 Å².